The number of ether oxygens (including phenoxy) is 1. The fourth-order valence-electron chi connectivity index (χ4n) is 2.61. The lowest BCUT2D eigenvalue weighted by molar-refractivity contribution is 0.0597. The Hall–Kier alpha value is -1.20. The molecular formula is C14H21N3O2. The molecule has 0 spiro atoms. The number of β-amino-alcohol motifs (C(OH)–C–C–N with tert-alkyl or cyclic N) is 1. The van der Waals surface area contributed by atoms with Gasteiger partial charge in [-0.05, 0) is 25.8 Å². The summed E-state index contributed by atoms with van der Waals surface area (Å²) in [5.74, 6) is 1.35. The summed E-state index contributed by atoms with van der Waals surface area (Å²) < 4.78 is 5.35. The Balaban J connectivity index is 1.83. The van der Waals surface area contributed by atoms with Crippen LogP contribution in [0.3, 0.4) is 0 Å². The summed E-state index contributed by atoms with van der Waals surface area (Å²) in [4.78, 5) is 11.3. The summed E-state index contributed by atoms with van der Waals surface area (Å²) >= 11 is 0. The molecule has 2 aliphatic rings. The molecule has 1 N–H and O–H groups in total. The molecule has 0 aromatic carbocycles. The molecule has 1 aliphatic heterocycles. The molecule has 5 nitrogen and oxygen atoms in total. The van der Waals surface area contributed by atoms with Crippen LogP contribution in [0.4, 0.5) is 5.95 Å². The van der Waals surface area contributed by atoms with E-state index in [1.165, 1.54) is 19.3 Å². The van der Waals surface area contributed by atoms with E-state index in [4.69, 9.17) is 9.72 Å². The number of aromatic nitrogens is 2. The Morgan fingerprint density at radius 2 is 2.21 bits per heavy atom. The molecule has 1 aromatic rings. The number of anilines is 1. The molecule has 0 radical (unpaired) electrons. The van der Waals surface area contributed by atoms with Crippen molar-refractivity contribution < 1.29 is 9.84 Å². The van der Waals surface area contributed by atoms with Gasteiger partial charge in [-0.1, -0.05) is 6.42 Å². The summed E-state index contributed by atoms with van der Waals surface area (Å²) in [6.45, 7) is 4.32. The van der Waals surface area contributed by atoms with Crippen molar-refractivity contribution in [1.29, 1.82) is 0 Å². The molecule has 1 aromatic heterocycles. The number of aliphatic hydroxyl groups excluding tert-OH is 1. The highest BCUT2D eigenvalue weighted by Crippen LogP contribution is 2.35. The first kappa shape index (κ1) is 12.8. The van der Waals surface area contributed by atoms with Gasteiger partial charge in [-0.3, -0.25) is 0 Å². The SMILES string of the molecule is Cc1cc(C2CCC2)nc(N2CCOCC(O)C2)n1. The van der Waals surface area contributed by atoms with Crippen molar-refractivity contribution in [3.05, 3.63) is 17.5 Å². The smallest absolute Gasteiger partial charge is 0.225 e. The highest BCUT2D eigenvalue weighted by atomic mass is 16.5. The van der Waals surface area contributed by atoms with Crippen molar-refractivity contribution in [1.82, 2.24) is 9.97 Å². The molecule has 1 atom stereocenters. The highest BCUT2D eigenvalue weighted by molar-refractivity contribution is 5.34. The number of hydrogen-bond donors (Lipinski definition) is 1. The fraction of sp³-hybridized carbons (Fsp3) is 0.714. The summed E-state index contributed by atoms with van der Waals surface area (Å²) in [6.07, 6.45) is 3.32. The zero-order chi connectivity index (χ0) is 13.2. The van der Waals surface area contributed by atoms with E-state index in [9.17, 15) is 5.11 Å². The third kappa shape index (κ3) is 2.87. The van der Waals surface area contributed by atoms with Crippen molar-refractivity contribution in [3.8, 4) is 0 Å². The lowest BCUT2D eigenvalue weighted by Crippen LogP contribution is -2.34. The number of rotatable bonds is 2. The van der Waals surface area contributed by atoms with E-state index in [2.05, 4.69) is 11.1 Å². The van der Waals surface area contributed by atoms with Gasteiger partial charge in [-0.15, -0.1) is 0 Å². The highest BCUT2D eigenvalue weighted by Gasteiger charge is 2.24. The molecule has 19 heavy (non-hydrogen) atoms. The van der Waals surface area contributed by atoms with Gasteiger partial charge in [0.2, 0.25) is 5.95 Å². The van der Waals surface area contributed by atoms with Gasteiger partial charge in [0, 0.05) is 30.4 Å². The van der Waals surface area contributed by atoms with E-state index in [0.717, 1.165) is 23.9 Å². The molecule has 0 bridgehead atoms. The van der Waals surface area contributed by atoms with Crippen molar-refractivity contribution >= 4 is 5.95 Å². The van der Waals surface area contributed by atoms with Gasteiger partial charge in [0.25, 0.3) is 0 Å². The van der Waals surface area contributed by atoms with Gasteiger partial charge in [0.15, 0.2) is 0 Å². The molecule has 1 unspecified atom stereocenters. The molecule has 1 aliphatic carbocycles. The van der Waals surface area contributed by atoms with Crippen LogP contribution in [-0.4, -0.2) is 47.5 Å². The maximum atomic E-state index is 9.80. The van der Waals surface area contributed by atoms with Crippen LogP contribution >= 0.6 is 0 Å². The van der Waals surface area contributed by atoms with E-state index < -0.39 is 6.10 Å². The van der Waals surface area contributed by atoms with Crippen LogP contribution < -0.4 is 4.90 Å². The molecule has 1 saturated carbocycles. The minimum atomic E-state index is -0.459. The maximum absolute atomic E-state index is 9.80. The monoisotopic (exact) mass is 263 g/mol. The summed E-state index contributed by atoms with van der Waals surface area (Å²) in [6, 6.07) is 2.10. The van der Waals surface area contributed by atoms with E-state index in [1.807, 2.05) is 11.8 Å². The molecule has 5 heteroatoms. The second-order valence-electron chi connectivity index (χ2n) is 5.54. The minimum absolute atomic E-state index is 0.401. The Kier molecular flexibility index (Phi) is 3.66. The topological polar surface area (TPSA) is 58.5 Å². The zero-order valence-electron chi connectivity index (χ0n) is 11.4. The summed E-state index contributed by atoms with van der Waals surface area (Å²) in [5.41, 5.74) is 2.17. The van der Waals surface area contributed by atoms with Gasteiger partial charge in [-0.2, -0.15) is 0 Å². The zero-order valence-corrected chi connectivity index (χ0v) is 11.4. The van der Waals surface area contributed by atoms with Crippen LogP contribution in [0, 0.1) is 6.92 Å². The van der Waals surface area contributed by atoms with Crippen LogP contribution in [-0.2, 0) is 4.74 Å². The third-order valence-electron chi connectivity index (χ3n) is 3.92. The van der Waals surface area contributed by atoms with Crippen LogP contribution in [0.15, 0.2) is 6.07 Å². The number of nitrogens with zero attached hydrogens (tertiary/aromatic N) is 3. The van der Waals surface area contributed by atoms with Crippen molar-refractivity contribution in [2.45, 2.75) is 38.2 Å². The normalized spacial score (nSPS) is 24.9. The van der Waals surface area contributed by atoms with Gasteiger partial charge in [0.05, 0.1) is 19.3 Å². The van der Waals surface area contributed by atoms with Crippen LogP contribution in [0.2, 0.25) is 0 Å². The second kappa shape index (κ2) is 5.43. The average Bonchev–Trinajstić information content (AvgIpc) is 2.51. The molecule has 1 saturated heterocycles. The quantitative estimate of drug-likeness (QED) is 0.870. The first-order valence-corrected chi connectivity index (χ1v) is 7.09. The largest absolute Gasteiger partial charge is 0.389 e. The standard InChI is InChI=1S/C14H21N3O2/c1-10-7-13(11-3-2-4-11)16-14(15-10)17-5-6-19-9-12(18)8-17/h7,11-12,18H,2-6,8-9H2,1H3. The predicted octanol–water partition coefficient (Wildman–Crippen LogP) is 1.25. The van der Waals surface area contributed by atoms with E-state index in [-0.39, 0.29) is 0 Å². The maximum Gasteiger partial charge on any atom is 0.225 e. The Morgan fingerprint density at radius 3 is 2.95 bits per heavy atom. The number of aryl methyl sites for hydroxylation is 1. The van der Waals surface area contributed by atoms with Crippen LogP contribution in [0.25, 0.3) is 0 Å². The Labute approximate surface area is 113 Å². The molecule has 3 rings (SSSR count). The van der Waals surface area contributed by atoms with Crippen molar-refractivity contribution in [2.75, 3.05) is 31.2 Å². The van der Waals surface area contributed by atoms with Gasteiger partial charge in [0.1, 0.15) is 0 Å². The second-order valence-corrected chi connectivity index (χ2v) is 5.54. The van der Waals surface area contributed by atoms with Gasteiger partial charge in [-0.25, -0.2) is 9.97 Å². The Bertz CT molecular complexity index is 448. The molecule has 2 heterocycles. The number of hydrogen-bond acceptors (Lipinski definition) is 5. The summed E-state index contributed by atoms with van der Waals surface area (Å²) in [7, 11) is 0. The predicted molar refractivity (Wildman–Crippen MR) is 72.4 cm³/mol. The molecule has 2 fully saturated rings. The lowest BCUT2D eigenvalue weighted by atomic mass is 9.83. The first-order valence-electron chi connectivity index (χ1n) is 7.09. The average molecular weight is 263 g/mol. The molecule has 104 valence electrons. The van der Waals surface area contributed by atoms with Crippen LogP contribution in [0.5, 0.6) is 0 Å². The minimum Gasteiger partial charge on any atom is -0.389 e. The van der Waals surface area contributed by atoms with Crippen LogP contribution in [0.1, 0.15) is 36.6 Å². The first-order chi connectivity index (χ1) is 9.22. The van der Waals surface area contributed by atoms with E-state index in [0.29, 0.717) is 25.7 Å². The lowest BCUT2D eigenvalue weighted by Gasteiger charge is -2.27. The molecule has 0 amide bonds. The Morgan fingerprint density at radius 1 is 1.37 bits per heavy atom. The van der Waals surface area contributed by atoms with Gasteiger partial charge < -0.3 is 14.7 Å². The molecular weight excluding hydrogens is 242 g/mol. The number of aliphatic hydroxyl groups is 1. The van der Waals surface area contributed by atoms with E-state index >= 15 is 0 Å². The van der Waals surface area contributed by atoms with Gasteiger partial charge >= 0.3 is 0 Å². The van der Waals surface area contributed by atoms with Crippen molar-refractivity contribution in [3.63, 3.8) is 0 Å². The van der Waals surface area contributed by atoms with E-state index in [1.54, 1.807) is 0 Å². The van der Waals surface area contributed by atoms with Crippen molar-refractivity contribution in [2.24, 2.45) is 0 Å². The summed E-state index contributed by atoms with van der Waals surface area (Å²) in [5, 5.41) is 9.80. The fourth-order valence-corrected chi connectivity index (χ4v) is 2.61. The third-order valence-corrected chi connectivity index (χ3v) is 3.92.